The summed E-state index contributed by atoms with van der Waals surface area (Å²) < 4.78 is 7.55. The van der Waals surface area contributed by atoms with Crippen molar-refractivity contribution in [2.24, 2.45) is 5.10 Å². The first kappa shape index (κ1) is 18.0. The molecule has 2 aliphatic heterocycles. The number of hydrogen-bond donors (Lipinski definition) is 1. The van der Waals surface area contributed by atoms with Gasteiger partial charge in [-0.05, 0) is 47.0 Å². The maximum absolute atomic E-state index is 10.3. The molecule has 30 heavy (non-hydrogen) atoms. The highest BCUT2D eigenvalue weighted by Crippen LogP contribution is 2.50. The lowest BCUT2D eigenvalue weighted by molar-refractivity contribution is -0.0944. The van der Waals surface area contributed by atoms with E-state index in [-0.39, 0.29) is 6.04 Å². The standard InChI is InChI=1S/C25H21BrN2O2/c26-19-9-10-24-21(13-19)23-14-22(18-8-7-16-4-1-2-5-17(16)12-18)27-28(23)25(30-24)11-3-6-20(29)15-25/h1-2,4-5,7-10,12-13,15,23,29H,3,6,11,14H2. The lowest BCUT2D eigenvalue weighted by Gasteiger charge is -2.47. The molecule has 2 unspecified atom stereocenters. The zero-order valence-electron chi connectivity index (χ0n) is 16.4. The Labute approximate surface area is 183 Å². The van der Waals surface area contributed by atoms with Crippen LogP contribution in [0.25, 0.3) is 10.8 Å². The molecule has 1 N–H and O–H groups in total. The molecule has 0 saturated carbocycles. The predicted octanol–water partition coefficient (Wildman–Crippen LogP) is 6.47. The molecule has 1 spiro atoms. The molecule has 1 aliphatic carbocycles. The van der Waals surface area contributed by atoms with Crippen LogP contribution in [0.1, 0.15) is 42.9 Å². The quantitative estimate of drug-likeness (QED) is 0.452. The first-order valence-corrected chi connectivity index (χ1v) is 11.2. The highest BCUT2D eigenvalue weighted by molar-refractivity contribution is 9.10. The van der Waals surface area contributed by atoms with Gasteiger partial charge in [0.15, 0.2) is 0 Å². The van der Waals surface area contributed by atoms with E-state index in [1.807, 2.05) is 18.2 Å². The third-order valence-corrected chi connectivity index (χ3v) is 6.85. The van der Waals surface area contributed by atoms with Crippen LogP contribution in [0.4, 0.5) is 0 Å². The molecule has 0 radical (unpaired) electrons. The van der Waals surface area contributed by atoms with Crippen LogP contribution in [0.2, 0.25) is 0 Å². The smallest absolute Gasteiger partial charge is 0.220 e. The maximum Gasteiger partial charge on any atom is 0.220 e. The lowest BCUT2D eigenvalue weighted by Crippen LogP contribution is -2.53. The van der Waals surface area contributed by atoms with Gasteiger partial charge in [-0.3, -0.25) is 0 Å². The van der Waals surface area contributed by atoms with E-state index in [1.54, 1.807) is 0 Å². The van der Waals surface area contributed by atoms with Crippen molar-refractivity contribution in [1.29, 1.82) is 0 Å². The fourth-order valence-electron chi connectivity index (χ4n) is 4.94. The van der Waals surface area contributed by atoms with Gasteiger partial charge in [0.2, 0.25) is 5.72 Å². The van der Waals surface area contributed by atoms with Crippen LogP contribution in [0.15, 0.2) is 82.1 Å². The zero-order valence-corrected chi connectivity index (χ0v) is 18.0. The molecule has 150 valence electrons. The molecule has 0 aromatic heterocycles. The monoisotopic (exact) mass is 460 g/mol. The molecular formula is C25H21BrN2O2. The van der Waals surface area contributed by atoms with Crippen molar-refractivity contribution < 1.29 is 9.84 Å². The SMILES string of the molecule is OC1=CC2(CCC1)Oc1ccc(Br)cc1C1CC(c3ccc4ccccc4c3)=NN12. The lowest BCUT2D eigenvalue weighted by atomic mass is 9.90. The average Bonchev–Trinajstić information content (AvgIpc) is 3.21. The van der Waals surface area contributed by atoms with Crippen LogP contribution in [-0.4, -0.2) is 21.6 Å². The second-order valence-electron chi connectivity index (χ2n) is 8.29. The van der Waals surface area contributed by atoms with E-state index in [1.165, 1.54) is 10.8 Å². The average molecular weight is 461 g/mol. The molecule has 3 aliphatic rings. The van der Waals surface area contributed by atoms with Crippen molar-refractivity contribution in [2.45, 2.75) is 37.5 Å². The Morgan fingerprint density at radius 1 is 1.07 bits per heavy atom. The van der Waals surface area contributed by atoms with Crippen molar-refractivity contribution in [3.63, 3.8) is 0 Å². The number of hydrazone groups is 1. The molecule has 5 heteroatoms. The largest absolute Gasteiger partial charge is 0.512 e. The van der Waals surface area contributed by atoms with Crippen LogP contribution in [0.3, 0.4) is 0 Å². The minimum atomic E-state index is -0.730. The van der Waals surface area contributed by atoms with Gasteiger partial charge in [0.05, 0.1) is 17.5 Å². The second-order valence-corrected chi connectivity index (χ2v) is 9.21. The van der Waals surface area contributed by atoms with Gasteiger partial charge in [-0.2, -0.15) is 5.10 Å². The fourth-order valence-corrected chi connectivity index (χ4v) is 5.32. The van der Waals surface area contributed by atoms with Crippen molar-refractivity contribution in [1.82, 2.24) is 5.01 Å². The summed E-state index contributed by atoms with van der Waals surface area (Å²) in [5.74, 6) is 1.26. The van der Waals surface area contributed by atoms with Crippen molar-refractivity contribution in [3.05, 3.63) is 88.1 Å². The summed E-state index contributed by atoms with van der Waals surface area (Å²) in [5, 5.41) is 19.9. The number of aliphatic hydroxyl groups excluding tert-OH is 1. The van der Waals surface area contributed by atoms with Crippen molar-refractivity contribution >= 4 is 32.4 Å². The van der Waals surface area contributed by atoms with Crippen LogP contribution in [0.5, 0.6) is 5.75 Å². The van der Waals surface area contributed by atoms with Crippen LogP contribution >= 0.6 is 15.9 Å². The number of nitrogens with zero attached hydrogens (tertiary/aromatic N) is 2. The molecule has 3 aromatic rings. The van der Waals surface area contributed by atoms with Gasteiger partial charge in [0.25, 0.3) is 0 Å². The van der Waals surface area contributed by atoms with Crippen molar-refractivity contribution in [3.8, 4) is 5.75 Å². The molecule has 3 aromatic carbocycles. The first-order valence-electron chi connectivity index (χ1n) is 10.4. The molecule has 4 nitrogen and oxygen atoms in total. The third kappa shape index (κ3) is 2.76. The number of ether oxygens (including phenoxy) is 1. The van der Waals surface area contributed by atoms with E-state index in [9.17, 15) is 5.11 Å². The number of fused-ring (bicyclic) bond motifs is 5. The molecular weight excluding hydrogens is 440 g/mol. The number of rotatable bonds is 1. The molecule has 2 heterocycles. The zero-order chi connectivity index (χ0) is 20.3. The van der Waals surface area contributed by atoms with Crippen LogP contribution in [-0.2, 0) is 0 Å². The number of halogens is 1. The summed E-state index contributed by atoms with van der Waals surface area (Å²) >= 11 is 3.61. The first-order chi connectivity index (χ1) is 14.6. The Hall–Kier alpha value is -2.79. The van der Waals surface area contributed by atoms with E-state index in [4.69, 9.17) is 9.84 Å². The van der Waals surface area contributed by atoms with E-state index in [2.05, 4.69) is 69.5 Å². The van der Waals surface area contributed by atoms with Gasteiger partial charge < -0.3 is 9.84 Å². The van der Waals surface area contributed by atoms with Gasteiger partial charge in [-0.15, -0.1) is 0 Å². The molecule has 0 bridgehead atoms. The highest BCUT2D eigenvalue weighted by atomic mass is 79.9. The minimum Gasteiger partial charge on any atom is -0.512 e. The van der Waals surface area contributed by atoms with E-state index in [0.29, 0.717) is 12.2 Å². The highest BCUT2D eigenvalue weighted by Gasteiger charge is 2.50. The Bertz CT molecular complexity index is 1230. The Morgan fingerprint density at radius 2 is 1.93 bits per heavy atom. The second kappa shape index (κ2) is 6.61. The van der Waals surface area contributed by atoms with E-state index < -0.39 is 5.72 Å². The summed E-state index contributed by atoms with van der Waals surface area (Å²) in [4.78, 5) is 0. The van der Waals surface area contributed by atoms with E-state index >= 15 is 0 Å². The summed E-state index contributed by atoms with van der Waals surface area (Å²) in [6.07, 6.45) is 5.04. The number of hydrogen-bond acceptors (Lipinski definition) is 4. The predicted molar refractivity (Wildman–Crippen MR) is 122 cm³/mol. The summed E-state index contributed by atoms with van der Waals surface area (Å²) in [7, 11) is 0. The molecule has 6 rings (SSSR count). The molecule has 2 atom stereocenters. The topological polar surface area (TPSA) is 45.1 Å². The van der Waals surface area contributed by atoms with Crippen molar-refractivity contribution in [2.75, 3.05) is 0 Å². The Balaban J connectivity index is 1.49. The van der Waals surface area contributed by atoms with Gasteiger partial charge >= 0.3 is 0 Å². The van der Waals surface area contributed by atoms with Gasteiger partial charge in [-0.1, -0.05) is 52.3 Å². The Morgan fingerprint density at radius 3 is 2.80 bits per heavy atom. The molecule has 0 fully saturated rings. The fraction of sp³-hybridized carbons (Fsp3) is 0.240. The minimum absolute atomic E-state index is 0.0786. The maximum atomic E-state index is 10.3. The van der Waals surface area contributed by atoms with Gasteiger partial charge in [0, 0.05) is 35.4 Å². The van der Waals surface area contributed by atoms with Crippen LogP contribution < -0.4 is 4.74 Å². The summed E-state index contributed by atoms with van der Waals surface area (Å²) in [6, 6.07) is 21.2. The molecule has 0 saturated heterocycles. The Kier molecular flexibility index (Phi) is 3.97. The number of benzene rings is 3. The molecule has 0 amide bonds. The van der Waals surface area contributed by atoms with Gasteiger partial charge in [0.1, 0.15) is 5.75 Å². The number of aliphatic hydroxyl groups is 1. The van der Waals surface area contributed by atoms with Crippen LogP contribution in [0, 0.1) is 0 Å². The third-order valence-electron chi connectivity index (χ3n) is 6.36. The normalized spacial score (nSPS) is 24.8. The summed E-state index contributed by atoms with van der Waals surface area (Å²) in [5.41, 5.74) is 2.60. The summed E-state index contributed by atoms with van der Waals surface area (Å²) in [6.45, 7) is 0. The van der Waals surface area contributed by atoms with E-state index in [0.717, 1.165) is 46.3 Å². The van der Waals surface area contributed by atoms with Gasteiger partial charge in [-0.25, -0.2) is 5.01 Å². The number of allylic oxidation sites excluding steroid dienone is 1.